The highest BCUT2D eigenvalue weighted by Gasteiger charge is 2.78. The number of carbonyl (C=O) groups is 3. The lowest BCUT2D eigenvalue weighted by Crippen LogP contribution is -2.67. The van der Waals surface area contributed by atoms with E-state index in [0.717, 1.165) is 23.3 Å². The molecular weight excluding hydrogens is 448 g/mol. The van der Waals surface area contributed by atoms with Gasteiger partial charge in [0.15, 0.2) is 0 Å². The van der Waals surface area contributed by atoms with Gasteiger partial charge in [0.1, 0.15) is 23.8 Å². The summed E-state index contributed by atoms with van der Waals surface area (Å²) in [4.78, 5) is 39.9. The molecule has 0 N–H and O–H groups in total. The van der Waals surface area contributed by atoms with Gasteiger partial charge in [-0.2, -0.15) is 0 Å². The molecule has 7 heteroatoms. The fraction of sp³-hybridized carbons (Fsp3) is 0.679. The zero-order valence-corrected chi connectivity index (χ0v) is 21.3. The standard InChI is InChI=1S/C28H34O7/c1-13-16(15-8-10-33-14(15)2)11-17-21(13)28(5)18(12-20(30)32-6)27(4)19(29)7-9-26(3)23(27)22(24(28)34-17)35-25(26)31/h8,10,16-18,22-24H,7,9,11-12H2,1-6H3. The second-order valence-electron chi connectivity index (χ2n) is 11.9. The monoisotopic (exact) mass is 482 g/mol. The molecule has 2 saturated heterocycles. The summed E-state index contributed by atoms with van der Waals surface area (Å²) in [5.41, 5.74) is 1.19. The van der Waals surface area contributed by atoms with Crippen molar-refractivity contribution in [1.82, 2.24) is 0 Å². The van der Waals surface area contributed by atoms with Crippen LogP contribution >= 0.6 is 0 Å². The van der Waals surface area contributed by atoms with Crippen molar-refractivity contribution in [3.05, 3.63) is 34.8 Å². The second kappa shape index (κ2) is 7.09. The number of hydrogen-bond donors (Lipinski definition) is 0. The van der Waals surface area contributed by atoms with Gasteiger partial charge in [-0.15, -0.1) is 0 Å². The normalized spacial score (nSPS) is 45.8. The van der Waals surface area contributed by atoms with Crippen LogP contribution in [0.3, 0.4) is 0 Å². The Kier molecular flexibility index (Phi) is 4.66. The van der Waals surface area contributed by atoms with Crippen molar-refractivity contribution in [2.45, 2.75) is 84.5 Å². The number of esters is 2. The summed E-state index contributed by atoms with van der Waals surface area (Å²) >= 11 is 0. The van der Waals surface area contributed by atoms with Crippen LogP contribution in [0.2, 0.25) is 0 Å². The quantitative estimate of drug-likeness (QED) is 0.469. The van der Waals surface area contributed by atoms with E-state index in [-0.39, 0.29) is 48.0 Å². The highest BCUT2D eigenvalue weighted by atomic mass is 16.6. The van der Waals surface area contributed by atoms with E-state index in [1.807, 2.05) is 26.8 Å². The lowest BCUT2D eigenvalue weighted by atomic mass is 9.40. The van der Waals surface area contributed by atoms with Crippen LogP contribution in [0.5, 0.6) is 0 Å². The summed E-state index contributed by atoms with van der Waals surface area (Å²) in [7, 11) is 1.39. The van der Waals surface area contributed by atoms with Crippen LogP contribution < -0.4 is 0 Å². The van der Waals surface area contributed by atoms with Crippen molar-refractivity contribution >= 4 is 17.7 Å². The van der Waals surface area contributed by atoms with E-state index < -0.39 is 28.5 Å². The maximum Gasteiger partial charge on any atom is 0.312 e. The van der Waals surface area contributed by atoms with Crippen molar-refractivity contribution in [3.8, 4) is 0 Å². The van der Waals surface area contributed by atoms with E-state index in [1.54, 1.807) is 6.26 Å². The molecule has 0 bridgehead atoms. The van der Waals surface area contributed by atoms with Crippen molar-refractivity contribution in [2.75, 3.05) is 7.11 Å². The van der Waals surface area contributed by atoms with Gasteiger partial charge in [-0.3, -0.25) is 14.4 Å². The summed E-state index contributed by atoms with van der Waals surface area (Å²) in [6.45, 7) is 10.1. The van der Waals surface area contributed by atoms with E-state index in [0.29, 0.717) is 12.8 Å². The Morgan fingerprint density at radius 1 is 1.17 bits per heavy atom. The topological polar surface area (TPSA) is 92.0 Å². The molecule has 4 fully saturated rings. The number of furan rings is 1. The Labute approximate surface area is 205 Å². The first-order chi connectivity index (χ1) is 16.5. The van der Waals surface area contributed by atoms with Crippen LogP contribution in [-0.4, -0.2) is 43.1 Å². The molecule has 0 aromatic carbocycles. The summed E-state index contributed by atoms with van der Waals surface area (Å²) in [6, 6.07) is 2.02. The van der Waals surface area contributed by atoms with E-state index >= 15 is 0 Å². The number of methoxy groups -OCH3 is 1. The molecule has 2 saturated carbocycles. The predicted molar refractivity (Wildman–Crippen MR) is 124 cm³/mol. The number of carbonyl (C=O) groups excluding carboxylic acids is 3. The molecule has 0 spiro atoms. The average molecular weight is 483 g/mol. The number of aryl methyl sites for hydroxylation is 1. The van der Waals surface area contributed by atoms with E-state index in [1.165, 1.54) is 12.7 Å². The molecule has 3 aliphatic carbocycles. The molecule has 188 valence electrons. The largest absolute Gasteiger partial charge is 0.469 e. The summed E-state index contributed by atoms with van der Waals surface area (Å²) in [5, 5.41) is 0. The van der Waals surface area contributed by atoms with Gasteiger partial charge in [-0.1, -0.05) is 19.4 Å². The van der Waals surface area contributed by atoms with E-state index in [2.05, 4.69) is 13.8 Å². The minimum absolute atomic E-state index is 0.0987. The molecule has 6 rings (SSSR count). The Hall–Kier alpha value is -2.41. The summed E-state index contributed by atoms with van der Waals surface area (Å²) in [6.07, 6.45) is 2.29. The van der Waals surface area contributed by atoms with E-state index in [9.17, 15) is 14.4 Å². The molecule has 0 radical (unpaired) electrons. The molecule has 9 atom stereocenters. The third-order valence-electron chi connectivity index (χ3n) is 10.7. The molecule has 7 nitrogen and oxygen atoms in total. The minimum Gasteiger partial charge on any atom is -0.469 e. The Morgan fingerprint density at radius 2 is 1.91 bits per heavy atom. The molecule has 3 heterocycles. The van der Waals surface area contributed by atoms with Gasteiger partial charge in [-0.05, 0) is 51.2 Å². The number of ether oxygens (including phenoxy) is 3. The van der Waals surface area contributed by atoms with Crippen LogP contribution in [0.1, 0.15) is 70.6 Å². The van der Waals surface area contributed by atoms with Gasteiger partial charge in [0.05, 0.1) is 31.3 Å². The number of ketones is 1. The van der Waals surface area contributed by atoms with Crippen molar-refractivity contribution in [3.63, 3.8) is 0 Å². The summed E-state index contributed by atoms with van der Waals surface area (Å²) < 4.78 is 23.6. The number of hydrogen-bond acceptors (Lipinski definition) is 7. The van der Waals surface area contributed by atoms with Gasteiger partial charge >= 0.3 is 11.9 Å². The van der Waals surface area contributed by atoms with Crippen LogP contribution in [0.15, 0.2) is 27.9 Å². The smallest absolute Gasteiger partial charge is 0.312 e. The molecule has 1 aromatic heterocycles. The van der Waals surface area contributed by atoms with Crippen LogP contribution in [-0.2, 0) is 28.6 Å². The first kappa shape index (κ1) is 23.0. The zero-order chi connectivity index (χ0) is 25.1. The maximum atomic E-state index is 13.8. The number of rotatable bonds is 3. The molecule has 1 aromatic rings. The van der Waals surface area contributed by atoms with Gasteiger partial charge < -0.3 is 18.6 Å². The fourth-order valence-corrected chi connectivity index (χ4v) is 9.08. The predicted octanol–water partition coefficient (Wildman–Crippen LogP) is 4.28. The first-order valence-electron chi connectivity index (χ1n) is 12.7. The summed E-state index contributed by atoms with van der Waals surface area (Å²) in [5.74, 6) is -0.139. The third-order valence-corrected chi connectivity index (χ3v) is 10.7. The van der Waals surface area contributed by atoms with Crippen LogP contribution in [0, 0.1) is 35.0 Å². The van der Waals surface area contributed by atoms with Crippen LogP contribution in [0.25, 0.3) is 0 Å². The number of fused-ring (bicyclic) bond motifs is 4. The number of allylic oxidation sites excluding steroid dienone is 1. The van der Waals surface area contributed by atoms with E-state index in [4.69, 9.17) is 18.6 Å². The zero-order valence-electron chi connectivity index (χ0n) is 21.3. The Morgan fingerprint density at radius 3 is 2.57 bits per heavy atom. The maximum absolute atomic E-state index is 13.8. The Balaban J connectivity index is 1.56. The molecule has 2 aliphatic heterocycles. The second-order valence-corrected chi connectivity index (χ2v) is 11.9. The molecule has 5 aliphatic rings. The minimum atomic E-state index is -0.904. The highest BCUT2D eigenvalue weighted by molar-refractivity contribution is 5.92. The average Bonchev–Trinajstić information content (AvgIpc) is 3.52. The number of Topliss-reactive ketones (excluding diaryl/α,β-unsaturated/α-hetero) is 1. The molecule has 35 heavy (non-hydrogen) atoms. The molecule has 0 amide bonds. The first-order valence-corrected chi connectivity index (χ1v) is 12.7. The van der Waals surface area contributed by atoms with Gasteiger partial charge in [0, 0.05) is 34.7 Å². The Bertz CT molecular complexity index is 1180. The fourth-order valence-electron chi connectivity index (χ4n) is 9.08. The lowest BCUT2D eigenvalue weighted by Gasteiger charge is -2.60. The van der Waals surface area contributed by atoms with Crippen molar-refractivity contribution in [1.29, 1.82) is 0 Å². The SMILES string of the molecule is COC(=O)CC1C2(C)C3=C(C)C(c4ccoc4C)CC3OC2C2OC(=O)C3(C)CCC(=O)C1(C)C23. The van der Waals surface area contributed by atoms with Gasteiger partial charge in [-0.25, -0.2) is 0 Å². The van der Waals surface area contributed by atoms with Crippen LogP contribution in [0.4, 0.5) is 0 Å². The lowest BCUT2D eigenvalue weighted by molar-refractivity contribution is -0.197. The highest BCUT2D eigenvalue weighted by Crippen LogP contribution is 2.72. The van der Waals surface area contributed by atoms with Gasteiger partial charge in [0.25, 0.3) is 0 Å². The van der Waals surface area contributed by atoms with Gasteiger partial charge in [0.2, 0.25) is 0 Å². The third kappa shape index (κ3) is 2.58. The molecular formula is C28H34O7. The van der Waals surface area contributed by atoms with Crippen molar-refractivity contribution in [2.24, 2.45) is 28.1 Å². The van der Waals surface area contributed by atoms with Crippen molar-refractivity contribution < 1.29 is 33.0 Å². The molecule has 9 unspecified atom stereocenters.